The number of carboxylic acids is 1. The van der Waals surface area contributed by atoms with Crippen molar-refractivity contribution in [3.05, 3.63) is 23.3 Å². The van der Waals surface area contributed by atoms with Crippen LogP contribution in [-0.4, -0.2) is 40.3 Å². The zero-order valence-electron chi connectivity index (χ0n) is 14.4. The summed E-state index contributed by atoms with van der Waals surface area (Å²) >= 11 is 0. The predicted molar refractivity (Wildman–Crippen MR) is 90.0 cm³/mol. The minimum Gasteiger partial charge on any atom is -0.478 e. The van der Waals surface area contributed by atoms with Crippen LogP contribution >= 0.6 is 0 Å². The number of unbranched alkanes of at least 4 members (excludes halogenated alkanes) is 1. The van der Waals surface area contributed by atoms with Crippen LogP contribution in [-0.2, 0) is 9.59 Å². The smallest absolute Gasteiger partial charge is 0.328 e. The van der Waals surface area contributed by atoms with Crippen molar-refractivity contribution in [2.24, 2.45) is 11.8 Å². The van der Waals surface area contributed by atoms with Crippen molar-refractivity contribution in [3.8, 4) is 0 Å². The minimum absolute atomic E-state index is 0.311. The molecule has 132 valence electrons. The van der Waals surface area contributed by atoms with Gasteiger partial charge >= 0.3 is 5.97 Å². The van der Waals surface area contributed by atoms with Crippen LogP contribution in [0, 0.1) is 11.8 Å². The maximum atomic E-state index is 10.6. The Balaban J connectivity index is 4.08. The van der Waals surface area contributed by atoms with Gasteiger partial charge in [0, 0.05) is 6.08 Å². The van der Waals surface area contributed by atoms with E-state index in [1.807, 2.05) is 13.0 Å². The Morgan fingerprint density at radius 3 is 2.26 bits per heavy atom. The third kappa shape index (κ3) is 10.8. The van der Waals surface area contributed by atoms with Crippen molar-refractivity contribution in [1.29, 1.82) is 0 Å². The Morgan fingerprint density at radius 2 is 1.74 bits per heavy atom. The van der Waals surface area contributed by atoms with E-state index in [-0.39, 0.29) is 6.61 Å². The van der Waals surface area contributed by atoms with E-state index in [4.69, 9.17) is 10.2 Å². The Labute approximate surface area is 138 Å². The molecule has 0 aliphatic carbocycles. The van der Waals surface area contributed by atoms with Gasteiger partial charge in [-0.15, -0.1) is 0 Å². The highest BCUT2D eigenvalue weighted by molar-refractivity contribution is 5.81. The van der Waals surface area contributed by atoms with Crippen LogP contribution in [0.5, 0.6) is 0 Å². The first-order valence-corrected chi connectivity index (χ1v) is 8.12. The molecule has 0 aromatic carbocycles. The quantitative estimate of drug-likeness (QED) is 0.222. The molecule has 5 nitrogen and oxygen atoms in total. The molecule has 0 amide bonds. The van der Waals surface area contributed by atoms with Gasteiger partial charge in [0.2, 0.25) is 0 Å². The summed E-state index contributed by atoms with van der Waals surface area (Å²) in [6, 6.07) is 0. The summed E-state index contributed by atoms with van der Waals surface area (Å²) in [4.78, 5) is 21.2. The second-order valence-electron chi connectivity index (χ2n) is 6.36. The van der Waals surface area contributed by atoms with Crippen molar-refractivity contribution in [1.82, 2.24) is 0 Å². The number of carbonyl (C=O) groups is 2. The Hall–Kier alpha value is -1.46. The number of rotatable bonds is 12. The van der Waals surface area contributed by atoms with Crippen molar-refractivity contribution in [2.45, 2.75) is 59.0 Å². The number of aliphatic hydroxyl groups excluding tert-OH is 2. The van der Waals surface area contributed by atoms with Crippen LogP contribution in [0.3, 0.4) is 0 Å². The number of aliphatic hydroxyl groups is 2. The fourth-order valence-corrected chi connectivity index (χ4v) is 2.65. The van der Waals surface area contributed by atoms with Crippen LogP contribution in [0.25, 0.3) is 0 Å². The first-order chi connectivity index (χ1) is 10.8. The van der Waals surface area contributed by atoms with Crippen LogP contribution in [0.1, 0.15) is 52.9 Å². The highest BCUT2D eigenvalue weighted by Gasteiger charge is 2.16. The van der Waals surface area contributed by atoms with Gasteiger partial charge < -0.3 is 20.1 Å². The third-order valence-electron chi connectivity index (χ3n) is 3.82. The molecule has 0 heterocycles. The van der Waals surface area contributed by atoms with Crippen LogP contribution < -0.4 is 0 Å². The summed E-state index contributed by atoms with van der Waals surface area (Å²) in [5.74, 6) is -1.14. The fourth-order valence-electron chi connectivity index (χ4n) is 2.65. The van der Waals surface area contributed by atoms with E-state index in [0.717, 1.165) is 36.8 Å². The molecule has 3 atom stereocenters. The second kappa shape index (κ2) is 12.0. The summed E-state index contributed by atoms with van der Waals surface area (Å²) in [6.07, 6.45) is 7.12. The lowest BCUT2D eigenvalue weighted by Crippen LogP contribution is -2.24. The summed E-state index contributed by atoms with van der Waals surface area (Å²) in [6.45, 7) is 5.60. The molecular formula is C18H30O5. The molecule has 3 unspecified atom stereocenters. The average molecular weight is 326 g/mol. The maximum absolute atomic E-state index is 10.6. The molecular weight excluding hydrogens is 296 g/mol. The number of hydrogen-bond donors (Lipinski definition) is 3. The summed E-state index contributed by atoms with van der Waals surface area (Å²) in [5, 5.41) is 27.3. The Bertz CT molecular complexity index is 425. The lowest BCUT2D eigenvalue weighted by Gasteiger charge is -2.16. The molecule has 0 fully saturated rings. The normalized spacial score (nSPS) is 16.7. The molecule has 0 aliphatic heterocycles. The zero-order chi connectivity index (χ0) is 17.8. The van der Waals surface area contributed by atoms with Gasteiger partial charge in [-0.25, -0.2) is 4.79 Å². The molecule has 0 rings (SSSR count). The first kappa shape index (κ1) is 21.5. The lowest BCUT2D eigenvalue weighted by atomic mass is 9.93. The van der Waals surface area contributed by atoms with Crippen LogP contribution in [0.15, 0.2) is 23.3 Å². The lowest BCUT2D eigenvalue weighted by molar-refractivity contribution is -0.131. The molecule has 0 aromatic rings. The van der Waals surface area contributed by atoms with Gasteiger partial charge in [0.15, 0.2) is 0 Å². The second-order valence-corrected chi connectivity index (χ2v) is 6.36. The largest absolute Gasteiger partial charge is 0.478 e. The first-order valence-electron chi connectivity index (χ1n) is 8.12. The van der Waals surface area contributed by atoms with Crippen molar-refractivity contribution >= 4 is 12.3 Å². The SMILES string of the molecule is CC(=CC(=O)O)C=C(C)CC(C)CCCCC(O)C(C=O)CO. The summed E-state index contributed by atoms with van der Waals surface area (Å²) in [5.41, 5.74) is 1.88. The number of aliphatic carboxylic acids is 1. The Kier molecular flexibility index (Phi) is 11.3. The number of aldehydes is 1. The van der Waals surface area contributed by atoms with Gasteiger partial charge in [0.05, 0.1) is 18.6 Å². The number of hydrogen-bond acceptors (Lipinski definition) is 4. The molecule has 0 radical (unpaired) electrons. The molecule has 0 spiro atoms. The van der Waals surface area contributed by atoms with Crippen LogP contribution in [0.4, 0.5) is 0 Å². The standard InChI is InChI=1S/C18H30O5/c1-13(8-14(2)9-15(3)10-18(22)23)6-4-5-7-17(21)16(11-19)12-20/h9-11,13,16-17,20-21H,4-8,12H2,1-3H3,(H,22,23). The van der Waals surface area contributed by atoms with Crippen molar-refractivity contribution in [2.75, 3.05) is 6.61 Å². The van der Waals surface area contributed by atoms with Crippen LogP contribution in [0.2, 0.25) is 0 Å². The molecule has 0 saturated heterocycles. The van der Waals surface area contributed by atoms with Gasteiger partial charge in [0.25, 0.3) is 0 Å². The molecule has 5 heteroatoms. The van der Waals surface area contributed by atoms with Gasteiger partial charge in [-0.05, 0) is 38.2 Å². The van der Waals surface area contributed by atoms with Gasteiger partial charge in [0.1, 0.15) is 6.29 Å². The molecule has 0 aromatic heterocycles. The highest BCUT2D eigenvalue weighted by atomic mass is 16.4. The molecule has 0 aliphatic rings. The highest BCUT2D eigenvalue weighted by Crippen LogP contribution is 2.20. The number of carbonyl (C=O) groups excluding carboxylic acids is 1. The van der Waals surface area contributed by atoms with E-state index >= 15 is 0 Å². The van der Waals surface area contributed by atoms with Gasteiger partial charge in [-0.3, -0.25) is 0 Å². The summed E-state index contributed by atoms with van der Waals surface area (Å²) < 4.78 is 0. The van der Waals surface area contributed by atoms with E-state index in [9.17, 15) is 14.7 Å². The number of allylic oxidation sites excluding steroid dienone is 3. The topological polar surface area (TPSA) is 94.8 Å². The molecule has 23 heavy (non-hydrogen) atoms. The van der Waals surface area contributed by atoms with E-state index in [1.165, 1.54) is 6.08 Å². The fraction of sp³-hybridized carbons (Fsp3) is 0.667. The number of carboxylic acid groups (broad SMARTS) is 1. The van der Waals surface area contributed by atoms with E-state index in [1.54, 1.807) is 6.92 Å². The van der Waals surface area contributed by atoms with E-state index in [0.29, 0.717) is 18.6 Å². The van der Waals surface area contributed by atoms with Gasteiger partial charge in [-0.1, -0.05) is 37.8 Å². The van der Waals surface area contributed by atoms with Crippen molar-refractivity contribution < 1.29 is 24.9 Å². The Morgan fingerprint density at radius 1 is 1.13 bits per heavy atom. The third-order valence-corrected chi connectivity index (χ3v) is 3.82. The van der Waals surface area contributed by atoms with Crippen molar-refractivity contribution in [3.63, 3.8) is 0 Å². The average Bonchev–Trinajstić information content (AvgIpc) is 2.43. The van der Waals surface area contributed by atoms with Gasteiger partial charge in [-0.2, -0.15) is 0 Å². The predicted octanol–water partition coefficient (Wildman–Crippen LogP) is 2.72. The van der Waals surface area contributed by atoms with E-state index in [2.05, 4.69) is 6.92 Å². The molecule has 0 bridgehead atoms. The molecule has 0 saturated carbocycles. The maximum Gasteiger partial charge on any atom is 0.328 e. The molecule has 3 N–H and O–H groups in total. The van der Waals surface area contributed by atoms with E-state index < -0.39 is 18.0 Å². The monoisotopic (exact) mass is 326 g/mol. The minimum atomic E-state index is -0.935. The summed E-state index contributed by atoms with van der Waals surface area (Å²) in [7, 11) is 0. The zero-order valence-corrected chi connectivity index (χ0v) is 14.4.